The minimum Gasteiger partial charge on any atom is -0.497 e. The van der Waals surface area contributed by atoms with Gasteiger partial charge in [0.15, 0.2) is 5.12 Å². The summed E-state index contributed by atoms with van der Waals surface area (Å²) in [6.45, 7) is 1.48. The molecule has 6 heteroatoms. The van der Waals surface area contributed by atoms with E-state index in [1.165, 1.54) is 31.9 Å². The average molecular weight is 304 g/mol. The summed E-state index contributed by atoms with van der Waals surface area (Å²) in [5, 5.41) is 0.0270. The zero-order valence-corrected chi connectivity index (χ0v) is 12.0. The highest BCUT2D eigenvalue weighted by Crippen LogP contribution is 2.32. The first-order valence-electron chi connectivity index (χ1n) is 5.89. The van der Waals surface area contributed by atoms with Crippen molar-refractivity contribution in [1.29, 1.82) is 0 Å². The molecule has 0 aliphatic carbocycles. The Bertz CT molecular complexity index is 496. The van der Waals surface area contributed by atoms with Crippen molar-refractivity contribution in [2.75, 3.05) is 12.9 Å². The van der Waals surface area contributed by atoms with Crippen LogP contribution in [0.15, 0.2) is 24.3 Å². The van der Waals surface area contributed by atoms with E-state index < -0.39 is 11.7 Å². The Kier molecular flexibility index (Phi) is 6.13. The summed E-state index contributed by atoms with van der Waals surface area (Å²) >= 11 is 1.19. The average Bonchev–Trinajstić information content (AvgIpc) is 2.36. The van der Waals surface area contributed by atoms with Crippen LogP contribution >= 0.6 is 11.8 Å². The maximum absolute atomic E-state index is 12.7. The van der Waals surface area contributed by atoms with Gasteiger partial charge >= 0.3 is 6.18 Å². The highest BCUT2D eigenvalue weighted by atomic mass is 32.2. The molecule has 110 valence electrons. The van der Waals surface area contributed by atoms with Crippen LogP contribution in [0.3, 0.4) is 0 Å². The van der Waals surface area contributed by atoms with Crippen molar-refractivity contribution >= 4 is 23.0 Å². The molecule has 0 N–H and O–H groups in total. The van der Waals surface area contributed by atoms with E-state index in [9.17, 15) is 18.0 Å². The molecule has 0 aliphatic heterocycles. The first-order valence-corrected chi connectivity index (χ1v) is 6.87. The monoisotopic (exact) mass is 304 g/mol. The molecule has 0 aromatic heterocycles. The molecule has 1 aromatic rings. The summed E-state index contributed by atoms with van der Waals surface area (Å²) in [5.74, 6) is 0.777. The predicted molar refractivity (Wildman–Crippen MR) is 74.8 cm³/mol. The van der Waals surface area contributed by atoms with Crippen LogP contribution in [0.2, 0.25) is 0 Å². The Morgan fingerprint density at radius 1 is 1.35 bits per heavy atom. The van der Waals surface area contributed by atoms with E-state index >= 15 is 0 Å². The van der Waals surface area contributed by atoms with Crippen LogP contribution in [0.25, 0.3) is 6.08 Å². The fourth-order valence-corrected chi connectivity index (χ4v) is 2.03. The maximum Gasteiger partial charge on any atom is 0.416 e. The summed E-state index contributed by atoms with van der Waals surface area (Å²) in [6, 6.07) is 3.56. The van der Waals surface area contributed by atoms with Crippen molar-refractivity contribution in [1.82, 2.24) is 0 Å². The van der Waals surface area contributed by atoms with Gasteiger partial charge in [-0.2, -0.15) is 13.2 Å². The van der Waals surface area contributed by atoms with Crippen LogP contribution in [0.4, 0.5) is 13.2 Å². The molecule has 0 radical (unpaired) electrons. The molecule has 0 spiro atoms. The van der Waals surface area contributed by atoms with Gasteiger partial charge in [0, 0.05) is 12.7 Å². The Labute approximate surface area is 120 Å². The Hall–Kier alpha value is -1.43. The second kappa shape index (κ2) is 7.38. The number of alkyl halides is 3. The number of hydrogen-bond acceptors (Lipinski definition) is 3. The number of ether oxygens (including phenoxy) is 1. The van der Waals surface area contributed by atoms with Gasteiger partial charge in [0.2, 0.25) is 0 Å². The van der Waals surface area contributed by atoms with Gasteiger partial charge in [0.25, 0.3) is 0 Å². The van der Waals surface area contributed by atoms with Gasteiger partial charge in [0.05, 0.1) is 12.7 Å². The number of carbonyl (C=O) groups is 1. The van der Waals surface area contributed by atoms with Crippen molar-refractivity contribution < 1.29 is 22.7 Å². The third-order valence-electron chi connectivity index (χ3n) is 2.39. The summed E-state index contributed by atoms with van der Waals surface area (Å²) in [6.07, 6.45) is -0.451. The van der Waals surface area contributed by atoms with E-state index in [4.69, 9.17) is 4.74 Å². The van der Waals surface area contributed by atoms with Crippen molar-refractivity contribution in [3.05, 3.63) is 35.4 Å². The van der Waals surface area contributed by atoms with Gasteiger partial charge < -0.3 is 4.74 Å². The molecule has 2 nitrogen and oxygen atoms in total. The molecule has 0 amide bonds. The van der Waals surface area contributed by atoms with Crippen LogP contribution in [-0.4, -0.2) is 18.0 Å². The SMILES string of the molecule is COc1cc(C=CCCSC(C)=O)cc(C(F)(F)F)c1. The number of benzene rings is 1. The standard InChI is InChI=1S/C14H15F3O2S/c1-10(18)20-6-4-3-5-11-7-12(14(15,16)17)9-13(8-11)19-2/h3,5,7-9H,4,6H2,1-2H3. The minimum absolute atomic E-state index is 0.0270. The number of hydrogen-bond donors (Lipinski definition) is 0. The highest BCUT2D eigenvalue weighted by molar-refractivity contribution is 8.13. The fraction of sp³-hybridized carbons (Fsp3) is 0.357. The lowest BCUT2D eigenvalue weighted by Crippen LogP contribution is -2.05. The molecule has 0 saturated carbocycles. The van der Waals surface area contributed by atoms with Gasteiger partial charge in [-0.25, -0.2) is 0 Å². The maximum atomic E-state index is 12.7. The Morgan fingerprint density at radius 2 is 2.05 bits per heavy atom. The minimum atomic E-state index is -4.40. The summed E-state index contributed by atoms with van der Waals surface area (Å²) < 4.78 is 43.0. The third-order valence-corrected chi connectivity index (χ3v) is 3.24. The summed E-state index contributed by atoms with van der Waals surface area (Å²) in [7, 11) is 1.33. The lowest BCUT2D eigenvalue weighted by molar-refractivity contribution is -0.137. The largest absolute Gasteiger partial charge is 0.497 e. The predicted octanol–water partition coefficient (Wildman–Crippen LogP) is 4.40. The number of methoxy groups -OCH3 is 1. The van der Waals surface area contributed by atoms with Crippen LogP contribution in [0.5, 0.6) is 5.75 Å². The zero-order valence-electron chi connectivity index (χ0n) is 11.2. The number of carbonyl (C=O) groups excluding carboxylic acids is 1. The number of rotatable bonds is 5. The first-order chi connectivity index (χ1) is 9.32. The van der Waals surface area contributed by atoms with Gasteiger partial charge in [-0.3, -0.25) is 4.79 Å². The van der Waals surface area contributed by atoms with Gasteiger partial charge in [-0.05, 0) is 30.2 Å². The summed E-state index contributed by atoms with van der Waals surface area (Å²) in [5.41, 5.74) is -0.320. The quantitative estimate of drug-likeness (QED) is 0.754. The van der Waals surface area contributed by atoms with Crippen molar-refractivity contribution in [3.8, 4) is 5.75 Å². The second-order valence-corrected chi connectivity index (χ2v) is 5.30. The molecule has 0 saturated heterocycles. The number of allylic oxidation sites excluding steroid dienone is 1. The van der Waals surface area contributed by atoms with E-state index in [1.54, 1.807) is 12.2 Å². The molecule has 0 bridgehead atoms. The van der Waals surface area contributed by atoms with Crippen LogP contribution < -0.4 is 4.74 Å². The Morgan fingerprint density at radius 3 is 2.60 bits per heavy atom. The lowest BCUT2D eigenvalue weighted by Gasteiger charge is -2.10. The fourth-order valence-electron chi connectivity index (χ4n) is 1.49. The smallest absolute Gasteiger partial charge is 0.416 e. The normalized spacial score (nSPS) is 11.8. The van der Waals surface area contributed by atoms with Gasteiger partial charge in [-0.1, -0.05) is 23.9 Å². The molecular weight excluding hydrogens is 289 g/mol. The first kappa shape index (κ1) is 16.6. The number of thioether (sulfide) groups is 1. The molecule has 20 heavy (non-hydrogen) atoms. The topological polar surface area (TPSA) is 26.3 Å². The molecular formula is C14H15F3O2S. The molecule has 0 fully saturated rings. The molecule has 1 aromatic carbocycles. The van der Waals surface area contributed by atoms with Gasteiger partial charge in [-0.15, -0.1) is 0 Å². The summed E-state index contributed by atoms with van der Waals surface area (Å²) in [4.78, 5) is 10.7. The van der Waals surface area contributed by atoms with E-state index in [0.29, 0.717) is 17.7 Å². The van der Waals surface area contributed by atoms with Crippen LogP contribution in [-0.2, 0) is 11.0 Å². The molecule has 0 atom stereocenters. The molecule has 0 aliphatic rings. The van der Waals surface area contributed by atoms with Crippen molar-refractivity contribution in [3.63, 3.8) is 0 Å². The second-order valence-electron chi connectivity index (χ2n) is 4.02. The lowest BCUT2D eigenvalue weighted by atomic mass is 10.1. The van der Waals surface area contributed by atoms with Crippen LogP contribution in [0.1, 0.15) is 24.5 Å². The highest BCUT2D eigenvalue weighted by Gasteiger charge is 2.31. The molecule has 0 unspecified atom stereocenters. The molecule has 0 heterocycles. The van der Waals surface area contributed by atoms with E-state index in [0.717, 1.165) is 12.1 Å². The van der Waals surface area contributed by atoms with Crippen molar-refractivity contribution in [2.24, 2.45) is 0 Å². The van der Waals surface area contributed by atoms with E-state index in [-0.39, 0.29) is 10.9 Å². The Balaban J connectivity index is 2.79. The van der Waals surface area contributed by atoms with Crippen LogP contribution in [0, 0.1) is 0 Å². The van der Waals surface area contributed by atoms with E-state index in [1.807, 2.05) is 0 Å². The molecule has 1 rings (SSSR count). The van der Waals surface area contributed by atoms with E-state index in [2.05, 4.69) is 0 Å². The third kappa shape index (κ3) is 5.69. The van der Waals surface area contributed by atoms with Gasteiger partial charge in [0.1, 0.15) is 5.75 Å². The zero-order chi connectivity index (χ0) is 15.2. The number of halogens is 3. The van der Waals surface area contributed by atoms with Crippen molar-refractivity contribution in [2.45, 2.75) is 19.5 Å².